The van der Waals surface area contributed by atoms with E-state index in [0.717, 1.165) is 12.8 Å². The first-order valence-corrected chi connectivity index (χ1v) is 9.42. The van der Waals surface area contributed by atoms with Crippen molar-refractivity contribution < 1.29 is 4.79 Å². The zero-order valence-corrected chi connectivity index (χ0v) is 15.1. The molecule has 0 atom stereocenters. The molecule has 0 heterocycles. The van der Waals surface area contributed by atoms with Gasteiger partial charge in [-0.15, -0.1) is 0 Å². The molecule has 4 nitrogen and oxygen atoms in total. The van der Waals surface area contributed by atoms with Gasteiger partial charge in [0.1, 0.15) is 0 Å². The Morgan fingerprint density at radius 2 is 1.18 bits per heavy atom. The molecule has 22 heavy (non-hydrogen) atoms. The fourth-order valence-electron chi connectivity index (χ4n) is 2.50. The molecule has 0 fully saturated rings. The van der Waals surface area contributed by atoms with Crippen LogP contribution in [0.5, 0.6) is 0 Å². The molecule has 1 amide bonds. The van der Waals surface area contributed by atoms with E-state index in [1.807, 2.05) is 0 Å². The SMILES string of the molecule is CCCCCCCCCCCCCCCC(=O)NNC(N)=S. The van der Waals surface area contributed by atoms with Crippen LogP contribution in [0.15, 0.2) is 0 Å². The van der Waals surface area contributed by atoms with E-state index in [0.29, 0.717) is 6.42 Å². The van der Waals surface area contributed by atoms with Crippen LogP contribution in [0.1, 0.15) is 96.8 Å². The topological polar surface area (TPSA) is 67.2 Å². The van der Waals surface area contributed by atoms with Gasteiger partial charge in [-0.1, -0.05) is 84.0 Å². The maximum absolute atomic E-state index is 11.4. The summed E-state index contributed by atoms with van der Waals surface area (Å²) in [7, 11) is 0. The Balaban J connectivity index is 3.11. The molecule has 4 N–H and O–H groups in total. The largest absolute Gasteiger partial charge is 0.375 e. The quantitative estimate of drug-likeness (QED) is 0.252. The lowest BCUT2D eigenvalue weighted by Gasteiger charge is -2.06. The second-order valence-corrected chi connectivity index (χ2v) is 6.47. The lowest BCUT2D eigenvalue weighted by Crippen LogP contribution is -2.44. The highest BCUT2D eigenvalue weighted by Crippen LogP contribution is 2.12. The molecule has 0 bridgehead atoms. The van der Waals surface area contributed by atoms with Crippen molar-refractivity contribution in [2.24, 2.45) is 5.73 Å². The van der Waals surface area contributed by atoms with Gasteiger partial charge < -0.3 is 5.73 Å². The van der Waals surface area contributed by atoms with Crippen molar-refractivity contribution >= 4 is 23.2 Å². The smallest absolute Gasteiger partial charge is 0.238 e. The summed E-state index contributed by atoms with van der Waals surface area (Å²) in [6.07, 6.45) is 17.6. The summed E-state index contributed by atoms with van der Waals surface area (Å²) >= 11 is 4.61. The number of carbonyl (C=O) groups is 1. The highest BCUT2D eigenvalue weighted by molar-refractivity contribution is 7.80. The third-order valence-corrected chi connectivity index (χ3v) is 3.93. The van der Waals surface area contributed by atoms with Gasteiger partial charge >= 0.3 is 0 Å². The zero-order valence-electron chi connectivity index (χ0n) is 14.3. The highest BCUT2D eigenvalue weighted by Gasteiger charge is 2.00. The van der Waals surface area contributed by atoms with E-state index in [-0.39, 0.29) is 11.0 Å². The van der Waals surface area contributed by atoms with Crippen molar-refractivity contribution in [3.05, 3.63) is 0 Å². The van der Waals surface area contributed by atoms with Crippen LogP contribution in [0.2, 0.25) is 0 Å². The number of amides is 1. The molecule has 0 rings (SSSR count). The predicted octanol–water partition coefficient (Wildman–Crippen LogP) is 4.33. The molecule has 0 saturated carbocycles. The zero-order chi connectivity index (χ0) is 16.5. The van der Waals surface area contributed by atoms with Gasteiger partial charge in [-0.25, -0.2) is 0 Å². The summed E-state index contributed by atoms with van der Waals surface area (Å²) in [6.45, 7) is 2.26. The van der Waals surface area contributed by atoms with E-state index >= 15 is 0 Å². The van der Waals surface area contributed by atoms with Crippen LogP contribution in [0.3, 0.4) is 0 Å². The molecular formula is C17H35N3OS. The summed E-state index contributed by atoms with van der Waals surface area (Å²) < 4.78 is 0. The number of hydrogen-bond donors (Lipinski definition) is 3. The van der Waals surface area contributed by atoms with Crippen LogP contribution in [-0.4, -0.2) is 11.0 Å². The number of unbranched alkanes of at least 4 members (excludes halogenated alkanes) is 12. The van der Waals surface area contributed by atoms with Crippen LogP contribution in [-0.2, 0) is 4.79 Å². The minimum absolute atomic E-state index is 0.0455. The number of thiocarbonyl (C=S) groups is 1. The second-order valence-electron chi connectivity index (χ2n) is 6.03. The number of carbonyl (C=O) groups excluding carboxylic acids is 1. The third-order valence-electron chi connectivity index (χ3n) is 3.83. The summed E-state index contributed by atoms with van der Waals surface area (Å²) in [4.78, 5) is 11.4. The Labute approximate surface area is 142 Å². The number of hydrazine groups is 1. The van der Waals surface area contributed by atoms with Gasteiger partial charge in [-0.3, -0.25) is 15.6 Å². The van der Waals surface area contributed by atoms with E-state index < -0.39 is 0 Å². The first kappa shape index (κ1) is 21.2. The molecular weight excluding hydrogens is 294 g/mol. The Bertz CT molecular complexity index is 285. The maximum atomic E-state index is 11.4. The van der Waals surface area contributed by atoms with Gasteiger partial charge in [0.2, 0.25) is 5.91 Å². The Morgan fingerprint density at radius 1 is 0.773 bits per heavy atom. The molecule has 0 unspecified atom stereocenters. The molecule has 0 aliphatic carbocycles. The Morgan fingerprint density at radius 3 is 1.59 bits per heavy atom. The van der Waals surface area contributed by atoms with E-state index in [4.69, 9.17) is 5.73 Å². The van der Waals surface area contributed by atoms with Crippen LogP contribution in [0, 0.1) is 0 Å². The van der Waals surface area contributed by atoms with Gasteiger partial charge in [-0.05, 0) is 18.6 Å². The Kier molecular flexibility index (Phi) is 15.9. The maximum Gasteiger partial charge on any atom is 0.238 e. The molecule has 0 radical (unpaired) electrons. The number of hydrogen-bond acceptors (Lipinski definition) is 2. The van der Waals surface area contributed by atoms with Gasteiger partial charge in [0.05, 0.1) is 0 Å². The summed E-state index contributed by atoms with van der Waals surface area (Å²) in [5.74, 6) is -0.0455. The molecule has 130 valence electrons. The number of nitrogens with one attached hydrogen (secondary N) is 2. The van der Waals surface area contributed by atoms with E-state index in [2.05, 4.69) is 30.0 Å². The predicted molar refractivity (Wildman–Crippen MR) is 98.4 cm³/mol. The van der Waals surface area contributed by atoms with E-state index in [1.165, 1.54) is 70.6 Å². The van der Waals surface area contributed by atoms with Crippen LogP contribution in [0.4, 0.5) is 0 Å². The normalized spacial score (nSPS) is 10.4. The number of nitrogens with two attached hydrogens (primary N) is 1. The fraction of sp³-hybridized carbons (Fsp3) is 0.882. The van der Waals surface area contributed by atoms with Gasteiger partial charge in [0.25, 0.3) is 0 Å². The van der Waals surface area contributed by atoms with Gasteiger partial charge in [0.15, 0.2) is 5.11 Å². The van der Waals surface area contributed by atoms with Crippen molar-refractivity contribution in [3.8, 4) is 0 Å². The standard InChI is InChI=1S/C17H35N3OS/c1-2-3-4-5-6-7-8-9-10-11-12-13-14-15-16(21)19-20-17(18)22/h2-15H2,1H3,(H,19,21)(H3,18,20,22). The van der Waals surface area contributed by atoms with Crippen molar-refractivity contribution in [1.82, 2.24) is 10.9 Å². The van der Waals surface area contributed by atoms with Gasteiger partial charge in [-0.2, -0.15) is 0 Å². The third kappa shape index (κ3) is 17.2. The average molecular weight is 330 g/mol. The average Bonchev–Trinajstić information content (AvgIpc) is 2.49. The van der Waals surface area contributed by atoms with Gasteiger partial charge in [0, 0.05) is 6.42 Å². The fourth-order valence-corrected chi connectivity index (χ4v) is 2.55. The van der Waals surface area contributed by atoms with Crippen molar-refractivity contribution in [2.75, 3.05) is 0 Å². The molecule has 0 aliphatic rings. The molecule has 0 aliphatic heterocycles. The van der Waals surface area contributed by atoms with E-state index in [1.54, 1.807) is 0 Å². The summed E-state index contributed by atoms with van der Waals surface area (Å²) in [5.41, 5.74) is 10.1. The lowest BCUT2D eigenvalue weighted by molar-refractivity contribution is -0.121. The highest BCUT2D eigenvalue weighted by atomic mass is 32.1. The summed E-state index contributed by atoms with van der Waals surface area (Å²) in [6, 6.07) is 0. The molecule has 5 heteroatoms. The minimum Gasteiger partial charge on any atom is -0.375 e. The first-order valence-electron chi connectivity index (χ1n) is 9.01. The molecule has 0 aromatic rings. The Hall–Kier alpha value is -0.840. The van der Waals surface area contributed by atoms with Crippen molar-refractivity contribution in [1.29, 1.82) is 0 Å². The minimum atomic E-state index is -0.0455. The molecule has 0 saturated heterocycles. The van der Waals surface area contributed by atoms with Crippen LogP contribution >= 0.6 is 12.2 Å². The second kappa shape index (κ2) is 16.5. The van der Waals surface area contributed by atoms with Crippen LogP contribution < -0.4 is 16.6 Å². The van der Waals surface area contributed by atoms with Crippen molar-refractivity contribution in [2.45, 2.75) is 96.8 Å². The molecule has 0 aromatic heterocycles. The lowest BCUT2D eigenvalue weighted by atomic mass is 10.0. The van der Waals surface area contributed by atoms with E-state index in [9.17, 15) is 4.79 Å². The van der Waals surface area contributed by atoms with Crippen molar-refractivity contribution in [3.63, 3.8) is 0 Å². The molecule has 0 aromatic carbocycles. The summed E-state index contributed by atoms with van der Waals surface area (Å²) in [5, 5.41) is 0.0960. The molecule has 0 spiro atoms. The van der Waals surface area contributed by atoms with Crippen LogP contribution in [0.25, 0.3) is 0 Å². The first-order chi connectivity index (χ1) is 10.7. The monoisotopic (exact) mass is 329 g/mol. The number of rotatable bonds is 14.